The Labute approximate surface area is 106 Å². The smallest absolute Gasteiger partial charge is 0.326 e. The standard InChI is InChI=1S/C12H18N2O4/c1-3-6-18-9(15)7-14-10(16)12(2,8-4-5-8)13-11(14)17/h8H,3-7H2,1-2H3,(H,13,17). The molecule has 1 heterocycles. The molecule has 1 atom stereocenters. The Morgan fingerprint density at radius 2 is 2.17 bits per heavy atom. The van der Waals surface area contributed by atoms with E-state index in [1.165, 1.54) is 0 Å². The van der Waals surface area contributed by atoms with Crippen LogP contribution in [0.15, 0.2) is 0 Å². The van der Waals surface area contributed by atoms with Gasteiger partial charge in [-0.2, -0.15) is 0 Å². The van der Waals surface area contributed by atoms with Crippen LogP contribution < -0.4 is 5.32 Å². The number of nitrogens with one attached hydrogen (secondary N) is 1. The third-order valence-corrected chi connectivity index (χ3v) is 3.45. The van der Waals surface area contributed by atoms with E-state index in [1.807, 2.05) is 6.92 Å². The second kappa shape index (κ2) is 4.59. The third kappa shape index (κ3) is 2.19. The topological polar surface area (TPSA) is 75.7 Å². The quantitative estimate of drug-likeness (QED) is 0.577. The number of amides is 3. The molecule has 0 aromatic carbocycles. The lowest BCUT2D eigenvalue weighted by molar-refractivity contribution is -0.147. The molecule has 0 spiro atoms. The van der Waals surface area contributed by atoms with Crippen LogP contribution in [0.5, 0.6) is 0 Å². The van der Waals surface area contributed by atoms with Crippen molar-refractivity contribution in [3.05, 3.63) is 0 Å². The molecule has 1 aliphatic carbocycles. The van der Waals surface area contributed by atoms with Gasteiger partial charge in [-0.15, -0.1) is 0 Å². The lowest BCUT2D eigenvalue weighted by atomic mass is 9.96. The van der Waals surface area contributed by atoms with Gasteiger partial charge >= 0.3 is 12.0 Å². The Balaban J connectivity index is 1.99. The summed E-state index contributed by atoms with van der Waals surface area (Å²) >= 11 is 0. The van der Waals surface area contributed by atoms with Gasteiger partial charge in [0.15, 0.2) is 0 Å². The number of esters is 1. The second-order valence-electron chi connectivity index (χ2n) is 5.02. The van der Waals surface area contributed by atoms with Crippen molar-refractivity contribution < 1.29 is 19.1 Å². The largest absolute Gasteiger partial charge is 0.464 e. The normalized spacial score (nSPS) is 27.3. The van der Waals surface area contributed by atoms with Crippen LogP contribution in [-0.4, -0.2) is 41.5 Å². The molecular weight excluding hydrogens is 236 g/mol. The minimum absolute atomic E-state index is 0.200. The average Bonchev–Trinajstić information content (AvgIpc) is 3.13. The van der Waals surface area contributed by atoms with E-state index >= 15 is 0 Å². The van der Waals surface area contributed by atoms with Gasteiger partial charge in [-0.05, 0) is 32.1 Å². The zero-order valence-electron chi connectivity index (χ0n) is 10.7. The van der Waals surface area contributed by atoms with Gasteiger partial charge in [-0.25, -0.2) is 4.79 Å². The van der Waals surface area contributed by atoms with E-state index in [-0.39, 0.29) is 18.4 Å². The van der Waals surface area contributed by atoms with E-state index in [2.05, 4.69) is 5.32 Å². The van der Waals surface area contributed by atoms with E-state index < -0.39 is 17.5 Å². The van der Waals surface area contributed by atoms with Crippen molar-refractivity contribution in [1.29, 1.82) is 0 Å². The summed E-state index contributed by atoms with van der Waals surface area (Å²) in [6.45, 7) is 3.61. The lowest BCUT2D eigenvalue weighted by Crippen LogP contribution is -2.46. The minimum Gasteiger partial charge on any atom is -0.464 e. The van der Waals surface area contributed by atoms with Crippen molar-refractivity contribution in [2.75, 3.05) is 13.2 Å². The van der Waals surface area contributed by atoms with Gasteiger partial charge in [0.2, 0.25) is 0 Å². The Bertz CT molecular complexity index is 392. The van der Waals surface area contributed by atoms with Crippen LogP contribution in [0.2, 0.25) is 0 Å². The van der Waals surface area contributed by atoms with E-state index in [0.29, 0.717) is 13.0 Å². The molecule has 2 aliphatic rings. The summed E-state index contributed by atoms with van der Waals surface area (Å²) in [6, 6.07) is -0.497. The Kier molecular flexibility index (Phi) is 3.28. The molecule has 1 saturated heterocycles. The number of hydrogen-bond acceptors (Lipinski definition) is 4. The van der Waals surface area contributed by atoms with E-state index in [9.17, 15) is 14.4 Å². The van der Waals surface area contributed by atoms with Crippen LogP contribution >= 0.6 is 0 Å². The Morgan fingerprint density at radius 3 is 2.72 bits per heavy atom. The summed E-state index contributed by atoms with van der Waals surface area (Å²) in [5, 5.41) is 2.68. The third-order valence-electron chi connectivity index (χ3n) is 3.45. The SMILES string of the molecule is CCCOC(=O)CN1C(=O)NC(C)(C2CC2)C1=O. The first-order valence-electron chi connectivity index (χ1n) is 6.28. The van der Waals surface area contributed by atoms with Crippen molar-refractivity contribution in [3.63, 3.8) is 0 Å². The molecule has 1 unspecified atom stereocenters. The van der Waals surface area contributed by atoms with Crippen LogP contribution in [0.4, 0.5) is 4.79 Å². The van der Waals surface area contributed by atoms with Gasteiger partial charge in [-0.1, -0.05) is 6.92 Å². The molecule has 18 heavy (non-hydrogen) atoms. The number of nitrogens with zero attached hydrogens (tertiary/aromatic N) is 1. The van der Waals surface area contributed by atoms with E-state index in [0.717, 1.165) is 17.7 Å². The van der Waals surface area contributed by atoms with Gasteiger partial charge in [0.1, 0.15) is 12.1 Å². The first kappa shape index (κ1) is 12.9. The van der Waals surface area contributed by atoms with Gasteiger partial charge in [-0.3, -0.25) is 14.5 Å². The highest BCUT2D eigenvalue weighted by Crippen LogP contribution is 2.42. The number of hydrogen-bond donors (Lipinski definition) is 1. The molecule has 0 radical (unpaired) electrons. The predicted molar refractivity (Wildman–Crippen MR) is 62.6 cm³/mol. The zero-order valence-corrected chi connectivity index (χ0v) is 10.7. The molecular formula is C12H18N2O4. The average molecular weight is 254 g/mol. The molecule has 1 N–H and O–H groups in total. The highest BCUT2D eigenvalue weighted by atomic mass is 16.5. The Hall–Kier alpha value is -1.59. The van der Waals surface area contributed by atoms with Gasteiger partial charge < -0.3 is 10.1 Å². The van der Waals surface area contributed by atoms with Gasteiger partial charge in [0, 0.05) is 0 Å². The summed E-state index contributed by atoms with van der Waals surface area (Å²) in [6.07, 6.45) is 2.60. The first-order chi connectivity index (χ1) is 8.49. The van der Waals surface area contributed by atoms with Gasteiger partial charge in [0.25, 0.3) is 5.91 Å². The molecule has 2 fully saturated rings. The van der Waals surface area contributed by atoms with Crippen molar-refractivity contribution in [1.82, 2.24) is 10.2 Å². The molecule has 6 nitrogen and oxygen atoms in total. The highest BCUT2D eigenvalue weighted by molar-refractivity contribution is 6.08. The first-order valence-corrected chi connectivity index (χ1v) is 6.28. The molecule has 1 aliphatic heterocycles. The van der Waals surface area contributed by atoms with Crippen molar-refractivity contribution in [3.8, 4) is 0 Å². The maximum Gasteiger partial charge on any atom is 0.326 e. The molecule has 0 aromatic rings. The number of ether oxygens (including phenoxy) is 1. The van der Waals surface area contributed by atoms with Crippen LogP contribution in [-0.2, 0) is 14.3 Å². The summed E-state index contributed by atoms with van der Waals surface area (Å²) in [5.74, 6) is -0.658. The highest BCUT2D eigenvalue weighted by Gasteiger charge is 2.56. The summed E-state index contributed by atoms with van der Waals surface area (Å²) in [4.78, 5) is 36.3. The lowest BCUT2D eigenvalue weighted by Gasteiger charge is -2.20. The number of carbonyl (C=O) groups is 3. The summed E-state index contributed by atoms with van der Waals surface area (Å²) < 4.78 is 4.88. The predicted octanol–water partition coefficient (Wildman–Crippen LogP) is 0.660. The van der Waals surface area contributed by atoms with Crippen molar-refractivity contribution in [2.45, 2.75) is 38.6 Å². The maximum atomic E-state index is 12.2. The molecule has 2 rings (SSSR count). The van der Waals surface area contributed by atoms with Crippen LogP contribution in [0.25, 0.3) is 0 Å². The zero-order chi connectivity index (χ0) is 13.3. The fraction of sp³-hybridized carbons (Fsp3) is 0.750. The van der Waals surface area contributed by atoms with Crippen LogP contribution in [0.3, 0.4) is 0 Å². The molecule has 0 bridgehead atoms. The van der Waals surface area contributed by atoms with Crippen LogP contribution in [0, 0.1) is 5.92 Å². The fourth-order valence-electron chi connectivity index (χ4n) is 2.19. The van der Waals surface area contributed by atoms with E-state index in [4.69, 9.17) is 4.74 Å². The summed E-state index contributed by atoms with van der Waals surface area (Å²) in [7, 11) is 0. The van der Waals surface area contributed by atoms with Crippen molar-refractivity contribution in [2.24, 2.45) is 5.92 Å². The molecule has 3 amide bonds. The molecule has 100 valence electrons. The number of rotatable bonds is 5. The summed E-state index contributed by atoms with van der Waals surface area (Å²) in [5.41, 5.74) is -0.831. The number of urea groups is 1. The number of imide groups is 1. The van der Waals surface area contributed by atoms with Crippen LogP contribution in [0.1, 0.15) is 33.1 Å². The maximum absolute atomic E-state index is 12.2. The fourth-order valence-corrected chi connectivity index (χ4v) is 2.19. The monoisotopic (exact) mass is 254 g/mol. The minimum atomic E-state index is -0.831. The molecule has 1 saturated carbocycles. The van der Waals surface area contributed by atoms with Gasteiger partial charge in [0.05, 0.1) is 6.61 Å². The van der Waals surface area contributed by atoms with E-state index in [1.54, 1.807) is 6.92 Å². The Morgan fingerprint density at radius 1 is 1.50 bits per heavy atom. The van der Waals surface area contributed by atoms with Crippen molar-refractivity contribution >= 4 is 17.9 Å². The molecule has 6 heteroatoms. The number of carbonyl (C=O) groups excluding carboxylic acids is 3. The molecule has 0 aromatic heterocycles. The second-order valence-corrected chi connectivity index (χ2v) is 5.02.